The minimum atomic E-state index is -1.08. The molecule has 0 fully saturated rings. The van der Waals surface area contributed by atoms with Gasteiger partial charge in [-0.1, -0.05) is 0 Å². The van der Waals surface area contributed by atoms with E-state index >= 15 is 0 Å². The maximum Gasteiger partial charge on any atom is 0.407 e. The van der Waals surface area contributed by atoms with Crippen molar-refractivity contribution in [3.8, 4) is 12.3 Å². The van der Waals surface area contributed by atoms with Gasteiger partial charge in [-0.3, -0.25) is 0 Å². The number of carboxylic acids is 1. The number of alkyl carbamates (subject to hydrolysis) is 1. The van der Waals surface area contributed by atoms with Gasteiger partial charge in [0, 0.05) is 6.42 Å². The van der Waals surface area contributed by atoms with Gasteiger partial charge in [-0.25, -0.2) is 9.59 Å². The van der Waals surface area contributed by atoms with Gasteiger partial charge in [0.1, 0.15) is 6.04 Å². The van der Waals surface area contributed by atoms with Crippen LogP contribution in [0.15, 0.2) is 0 Å². The van der Waals surface area contributed by atoms with Crippen molar-refractivity contribution in [3.05, 3.63) is 0 Å². The Kier molecular flexibility index (Phi) is 9.41. The number of nitrogens with two attached hydrogens (primary N) is 1. The molecule has 1 unspecified atom stereocenters. The first kappa shape index (κ1) is 16.3. The first-order chi connectivity index (χ1) is 8.61. The molecule has 0 saturated carbocycles. The van der Waals surface area contributed by atoms with Crippen LogP contribution in [-0.2, 0) is 9.53 Å². The molecule has 0 aliphatic heterocycles. The third-order valence-corrected chi connectivity index (χ3v) is 2.24. The Morgan fingerprint density at radius 3 is 2.67 bits per heavy atom. The van der Waals surface area contributed by atoms with Crippen molar-refractivity contribution in [3.63, 3.8) is 0 Å². The van der Waals surface area contributed by atoms with E-state index in [0.717, 1.165) is 6.42 Å². The van der Waals surface area contributed by atoms with E-state index in [1.54, 1.807) is 0 Å². The van der Waals surface area contributed by atoms with Crippen molar-refractivity contribution in [2.24, 2.45) is 5.73 Å². The first-order valence-electron chi connectivity index (χ1n) is 5.91. The molecule has 0 saturated heterocycles. The van der Waals surface area contributed by atoms with Gasteiger partial charge in [0.25, 0.3) is 0 Å². The lowest BCUT2D eigenvalue weighted by Crippen LogP contribution is -2.41. The highest BCUT2D eigenvalue weighted by atomic mass is 16.5. The number of unbranched alkanes of at least 4 members (excludes halogenated alkanes) is 2. The highest BCUT2D eigenvalue weighted by Gasteiger charge is 2.19. The van der Waals surface area contributed by atoms with Crippen LogP contribution in [0.3, 0.4) is 0 Å². The minimum Gasteiger partial charge on any atom is -0.480 e. The summed E-state index contributed by atoms with van der Waals surface area (Å²) in [4.78, 5) is 22.2. The number of rotatable bonds is 9. The summed E-state index contributed by atoms with van der Waals surface area (Å²) < 4.78 is 4.80. The Morgan fingerprint density at radius 1 is 1.39 bits per heavy atom. The number of aliphatic carboxylic acids is 1. The summed E-state index contributed by atoms with van der Waals surface area (Å²) >= 11 is 0. The second kappa shape index (κ2) is 10.4. The van der Waals surface area contributed by atoms with E-state index in [-0.39, 0.29) is 6.61 Å². The van der Waals surface area contributed by atoms with Crippen LogP contribution in [0.4, 0.5) is 4.79 Å². The molecule has 1 amide bonds. The van der Waals surface area contributed by atoms with E-state index in [4.69, 9.17) is 22.0 Å². The number of carbonyl (C=O) groups excluding carboxylic acids is 1. The van der Waals surface area contributed by atoms with Crippen molar-refractivity contribution in [2.75, 3.05) is 13.2 Å². The van der Waals surface area contributed by atoms with Gasteiger partial charge >= 0.3 is 12.1 Å². The van der Waals surface area contributed by atoms with Crippen LogP contribution >= 0.6 is 0 Å². The van der Waals surface area contributed by atoms with Gasteiger partial charge in [0.05, 0.1) is 6.61 Å². The molecule has 1 atom stereocenters. The fourth-order valence-electron chi connectivity index (χ4n) is 1.27. The molecule has 18 heavy (non-hydrogen) atoms. The Bertz CT molecular complexity index is 299. The zero-order valence-electron chi connectivity index (χ0n) is 10.4. The molecule has 0 spiro atoms. The third kappa shape index (κ3) is 8.42. The normalized spacial score (nSPS) is 11.3. The summed E-state index contributed by atoms with van der Waals surface area (Å²) in [6.07, 6.45) is 7.10. The molecule has 0 rings (SSSR count). The molecule has 4 N–H and O–H groups in total. The SMILES string of the molecule is C#CCCCOC(=O)NC(CCCCN)C(=O)O. The van der Waals surface area contributed by atoms with E-state index in [9.17, 15) is 9.59 Å². The number of nitrogens with one attached hydrogen (secondary N) is 1. The summed E-state index contributed by atoms with van der Waals surface area (Å²) in [5.41, 5.74) is 5.31. The fourth-order valence-corrected chi connectivity index (χ4v) is 1.27. The van der Waals surface area contributed by atoms with Crippen molar-refractivity contribution >= 4 is 12.1 Å². The van der Waals surface area contributed by atoms with Gasteiger partial charge in [-0.2, -0.15) is 0 Å². The van der Waals surface area contributed by atoms with E-state index in [1.165, 1.54) is 0 Å². The van der Waals surface area contributed by atoms with Gasteiger partial charge in [0.2, 0.25) is 0 Å². The molecule has 0 radical (unpaired) electrons. The summed E-state index contributed by atoms with van der Waals surface area (Å²) in [5.74, 6) is 1.34. The standard InChI is InChI=1S/C12H20N2O4/c1-2-3-6-9-18-12(17)14-10(11(15)16)7-4-5-8-13/h1,10H,3-9,13H2,(H,14,17)(H,15,16). The van der Waals surface area contributed by atoms with Crippen molar-refractivity contribution in [1.29, 1.82) is 0 Å². The summed E-state index contributed by atoms with van der Waals surface area (Å²) in [7, 11) is 0. The topological polar surface area (TPSA) is 102 Å². The lowest BCUT2D eigenvalue weighted by atomic mass is 10.1. The van der Waals surface area contributed by atoms with Crippen molar-refractivity contribution in [2.45, 2.75) is 38.1 Å². The van der Waals surface area contributed by atoms with E-state index in [0.29, 0.717) is 32.2 Å². The molecule has 6 heteroatoms. The summed E-state index contributed by atoms with van der Waals surface area (Å²) in [6, 6.07) is -0.934. The van der Waals surface area contributed by atoms with E-state index in [2.05, 4.69) is 11.2 Å². The first-order valence-corrected chi connectivity index (χ1v) is 5.91. The Balaban J connectivity index is 3.89. The number of amides is 1. The highest BCUT2D eigenvalue weighted by molar-refractivity contribution is 5.79. The van der Waals surface area contributed by atoms with Crippen LogP contribution in [-0.4, -0.2) is 36.4 Å². The van der Waals surface area contributed by atoms with Crippen LogP contribution in [0.25, 0.3) is 0 Å². The molecule has 0 aliphatic rings. The minimum absolute atomic E-state index is 0.186. The second-order valence-corrected chi connectivity index (χ2v) is 3.76. The van der Waals surface area contributed by atoms with Gasteiger partial charge in [-0.15, -0.1) is 12.3 Å². The average molecular weight is 256 g/mol. The fraction of sp³-hybridized carbons (Fsp3) is 0.667. The largest absolute Gasteiger partial charge is 0.480 e. The lowest BCUT2D eigenvalue weighted by Gasteiger charge is -2.14. The molecule has 0 heterocycles. The lowest BCUT2D eigenvalue weighted by molar-refractivity contribution is -0.139. The highest BCUT2D eigenvalue weighted by Crippen LogP contribution is 2.01. The Labute approximate surface area is 107 Å². The maximum atomic E-state index is 11.3. The zero-order chi connectivity index (χ0) is 13.8. The van der Waals surface area contributed by atoms with Gasteiger partial charge in [-0.05, 0) is 32.2 Å². The smallest absolute Gasteiger partial charge is 0.407 e. The van der Waals surface area contributed by atoms with Crippen LogP contribution in [0, 0.1) is 12.3 Å². The van der Waals surface area contributed by atoms with Gasteiger partial charge < -0.3 is 20.9 Å². The monoisotopic (exact) mass is 256 g/mol. The number of hydrogen-bond donors (Lipinski definition) is 3. The van der Waals surface area contributed by atoms with E-state index in [1.807, 2.05) is 0 Å². The summed E-state index contributed by atoms with van der Waals surface area (Å²) in [5, 5.41) is 11.2. The average Bonchev–Trinajstić information content (AvgIpc) is 2.33. The molecule has 0 aromatic heterocycles. The molecular weight excluding hydrogens is 236 g/mol. The quantitative estimate of drug-likeness (QED) is 0.416. The number of terminal acetylenes is 1. The molecule has 0 bridgehead atoms. The number of carboxylic acid groups (broad SMARTS) is 1. The van der Waals surface area contributed by atoms with Crippen molar-refractivity contribution < 1.29 is 19.4 Å². The molecule has 0 aliphatic carbocycles. The van der Waals surface area contributed by atoms with Crippen LogP contribution < -0.4 is 11.1 Å². The zero-order valence-corrected chi connectivity index (χ0v) is 10.4. The van der Waals surface area contributed by atoms with Crippen LogP contribution in [0.2, 0.25) is 0 Å². The van der Waals surface area contributed by atoms with Crippen molar-refractivity contribution in [1.82, 2.24) is 5.32 Å². The molecule has 0 aromatic carbocycles. The molecule has 102 valence electrons. The second-order valence-electron chi connectivity index (χ2n) is 3.76. The predicted molar refractivity (Wildman–Crippen MR) is 66.9 cm³/mol. The maximum absolute atomic E-state index is 11.3. The third-order valence-electron chi connectivity index (χ3n) is 2.24. The van der Waals surface area contributed by atoms with Crippen LogP contribution in [0.5, 0.6) is 0 Å². The number of hydrogen-bond acceptors (Lipinski definition) is 4. The number of ether oxygens (including phenoxy) is 1. The predicted octanol–water partition coefficient (Wildman–Crippen LogP) is 0.708. The molecule has 6 nitrogen and oxygen atoms in total. The Hall–Kier alpha value is -1.74. The van der Waals surface area contributed by atoms with Crippen LogP contribution in [0.1, 0.15) is 32.1 Å². The number of carbonyl (C=O) groups is 2. The Morgan fingerprint density at radius 2 is 2.11 bits per heavy atom. The molecular formula is C12H20N2O4. The molecule has 0 aromatic rings. The summed E-state index contributed by atoms with van der Waals surface area (Å²) in [6.45, 7) is 0.689. The van der Waals surface area contributed by atoms with E-state index < -0.39 is 18.1 Å². The van der Waals surface area contributed by atoms with Gasteiger partial charge in [0.15, 0.2) is 0 Å².